The molecule has 0 atom stereocenters. The van der Waals surface area contributed by atoms with Crippen LogP contribution in [0.25, 0.3) is 0 Å². The average molecular weight is 187 g/mol. The Labute approximate surface area is 81.7 Å². The number of nitrogens with zero attached hydrogens (tertiary/aromatic N) is 2. The topological polar surface area (TPSA) is 56.1 Å². The van der Waals surface area contributed by atoms with Gasteiger partial charge in [0.05, 0.1) is 23.5 Å². The summed E-state index contributed by atoms with van der Waals surface area (Å²) in [6, 6.07) is 7.44. The fourth-order valence-electron chi connectivity index (χ4n) is 1.56. The van der Waals surface area contributed by atoms with E-state index >= 15 is 0 Å². The van der Waals surface area contributed by atoms with Crippen molar-refractivity contribution in [2.24, 2.45) is 0 Å². The first-order valence-electron chi connectivity index (χ1n) is 4.26. The van der Waals surface area contributed by atoms with Gasteiger partial charge in [-0.1, -0.05) is 6.07 Å². The van der Waals surface area contributed by atoms with Gasteiger partial charge in [0.2, 0.25) is 5.91 Å². The number of carbonyl (C=O) groups excluding carboxylic acids is 1. The fraction of sp³-hybridized carbons (Fsp3) is 0.200. The van der Waals surface area contributed by atoms with Gasteiger partial charge in [-0.2, -0.15) is 5.26 Å². The Morgan fingerprint density at radius 3 is 3.07 bits per heavy atom. The van der Waals surface area contributed by atoms with Crippen molar-refractivity contribution in [2.45, 2.75) is 0 Å². The van der Waals surface area contributed by atoms with Gasteiger partial charge in [0.25, 0.3) is 0 Å². The summed E-state index contributed by atoms with van der Waals surface area (Å²) in [4.78, 5) is 13.1. The van der Waals surface area contributed by atoms with Crippen LogP contribution in [0.15, 0.2) is 18.2 Å². The fourth-order valence-corrected chi connectivity index (χ4v) is 1.56. The Hall–Kier alpha value is -2.02. The molecule has 0 spiro atoms. The van der Waals surface area contributed by atoms with Crippen molar-refractivity contribution in [3.63, 3.8) is 0 Å². The number of benzene rings is 1. The predicted molar refractivity (Wildman–Crippen MR) is 53.1 cm³/mol. The highest BCUT2D eigenvalue weighted by molar-refractivity contribution is 6.02. The molecule has 1 aliphatic rings. The number of carbonyl (C=O) groups is 1. The molecule has 70 valence electrons. The van der Waals surface area contributed by atoms with Crippen molar-refractivity contribution < 1.29 is 4.79 Å². The zero-order valence-corrected chi connectivity index (χ0v) is 7.74. The van der Waals surface area contributed by atoms with Crippen LogP contribution in [-0.2, 0) is 4.79 Å². The van der Waals surface area contributed by atoms with Gasteiger partial charge in [-0.25, -0.2) is 0 Å². The number of rotatable bonds is 0. The van der Waals surface area contributed by atoms with Crippen molar-refractivity contribution in [1.29, 1.82) is 5.26 Å². The number of nitriles is 1. The van der Waals surface area contributed by atoms with Gasteiger partial charge in [0.15, 0.2) is 0 Å². The molecule has 1 aliphatic heterocycles. The Morgan fingerprint density at radius 1 is 1.57 bits per heavy atom. The Kier molecular flexibility index (Phi) is 1.86. The van der Waals surface area contributed by atoms with E-state index in [1.165, 1.54) is 0 Å². The Morgan fingerprint density at radius 2 is 2.36 bits per heavy atom. The lowest BCUT2D eigenvalue weighted by molar-refractivity contribution is -0.115. The molecule has 1 N–H and O–H groups in total. The average Bonchev–Trinajstić information content (AvgIpc) is 2.17. The molecule has 0 unspecified atom stereocenters. The molecule has 0 radical (unpaired) electrons. The number of hydrogen-bond acceptors (Lipinski definition) is 3. The normalized spacial score (nSPS) is 14.3. The van der Waals surface area contributed by atoms with E-state index < -0.39 is 0 Å². The first-order valence-corrected chi connectivity index (χ1v) is 4.26. The number of likely N-dealkylation sites (N-methyl/N-ethyl adjacent to an activating group) is 1. The van der Waals surface area contributed by atoms with Crippen LogP contribution in [0.1, 0.15) is 5.56 Å². The summed E-state index contributed by atoms with van der Waals surface area (Å²) in [5.41, 5.74) is 2.01. The molecule has 4 nitrogen and oxygen atoms in total. The highest BCUT2D eigenvalue weighted by atomic mass is 16.2. The lowest BCUT2D eigenvalue weighted by atomic mass is 10.1. The second-order valence-electron chi connectivity index (χ2n) is 3.22. The molecular weight excluding hydrogens is 178 g/mol. The summed E-state index contributed by atoms with van der Waals surface area (Å²) in [5, 5.41) is 11.6. The summed E-state index contributed by atoms with van der Waals surface area (Å²) in [6.07, 6.45) is 0. The van der Waals surface area contributed by atoms with E-state index in [4.69, 9.17) is 5.26 Å². The molecule has 1 aromatic carbocycles. The van der Waals surface area contributed by atoms with Crippen LogP contribution >= 0.6 is 0 Å². The SMILES string of the molecule is CN1CC(=O)Nc2c(C#N)cccc21. The van der Waals surface area contributed by atoms with E-state index in [-0.39, 0.29) is 5.91 Å². The summed E-state index contributed by atoms with van der Waals surface area (Å²) < 4.78 is 0. The maximum absolute atomic E-state index is 11.2. The van der Waals surface area contributed by atoms with Crippen LogP contribution in [0.5, 0.6) is 0 Å². The van der Waals surface area contributed by atoms with Gasteiger partial charge < -0.3 is 10.2 Å². The third-order valence-electron chi connectivity index (χ3n) is 2.22. The highest BCUT2D eigenvalue weighted by Gasteiger charge is 2.20. The van der Waals surface area contributed by atoms with Gasteiger partial charge >= 0.3 is 0 Å². The third kappa shape index (κ3) is 1.19. The van der Waals surface area contributed by atoms with Crippen LogP contribution in [-0.4, -0.2) is 19.5 Å². The summed E-state index contributed by atoms with van der Waals surface area (Å²) in [7, 11) is 1.83. The maximum atomic E-state index is 11.2. The highest BCUT2D eigenvalue weighted by Crippen LogP contribution is 2.30. The van der Waals surface area contributed by atoms with E-state index in [0.29, 0.717) is 17.8 Å². The molecule has 1 amide bonds. The molecule has 0 aliphatic carbocycles. The number of anilines is 2. The van der Waals surface area contributed by atoms with Crippen LogP contribution in [0.4, 0.5) is 11.4 Å². The quantitative estimate of drug-likeness (QED) is 0.657. The van der Waals surface area contributed by atoms with E-state index in [9.17, 15) is 4.79 Å². The molecule has 0 bridgehead atoms. The zero-order chi connectivity index (χ0) is 10.1. The minimum atomic E-state index is -0.0808. The Bertz CT molecular complexity index is 433. The maximum Gasteiger partial charge on any atom is 0.243 e. The number of para-hydroxylation sites is 1. The molecule has 1 aromatic rings. The van der Waals surface area contributed by atoms with Gasteiger partial charge in [0.1, 0.15) is 6.07 Å². The largest absolute Gasteiger partial charge is 0.364 e. The summed E-state index contributed by atoms with van der Waals surface area (Å²) >= 11 is 0. The summed E-state index contributed by atoms with van der Waals surface area (Å²) in [5.74, 6) is -0.0808. The first-order chi connectivity index (χ1) is 6.72. The minimum Gasteiger partial charge on any atom is -0.364 e. The van der Waals surface area contributed by atoms with Gasteiger partial charge in [-0.3, -0.25) is 4.79 Å². The van der Waals surface area contributed by atoms with E-state index in [2.05, 4.69) is 11.4 Å². The zero-order valence-electron chi connectivity index (χ0n) is 7.74. The van der Waals surface area contributed by atoms with Crippen LogP contribution < -0.4 is 10.2 Å². The van der Waals surface area contributed by atoms with E-state index in [0.717, 1.165) is 5.69 Å². The number of nitrogens with one attached hydrogen (secondary N) is 1. The van der Waals surface area contributed by atoms with Crippen molar-refractivity contribution in [2.75, 3.05) is 23.8 Å². The smallest absolute Gasteiger partial charge is 0.243 e. The summed E-state index contributed by atoms with van der Waals surface area (Å²) in [6.45, 7) is 0.335. The number of fused-ring (bicyclic) bond motifs is 1. The molecule has 14 heavy (non-hydrogen) atoms. The number of amides is 1. The molecule has 1 heterocycles. The molecule has 0 saturated carbocycles. The van der Waals surface area contributed by atoms with Gasteiger partial charge in [-0.15, -0.1) is 0 Å². The van der Waals surface area contributed by atoms with Gasteiger partial charge in [-0.05, 0) is 12.1 Å². The van der Waals surface area contributed by atoms with Crippen molar-refractivity contribution in [1.82, 2.24) is 0 Å². The minimum absolute atomic E-state index is 0.0808. The standard InChI is InChI=1S/C10H9N3O/c1-13-6-9(14)12-10-7(5-11)3-2-4-8(10)13/h2-4H,6H2,1H3,(H,12,14). The lowest BCUT2D eigenvalue weighted by Gasteiger charge is -2.27. The second-order valence-corrected chi connectivity index (χ2v) is 3.22. The second kappa shape index (κ2) is 3.04. The monoisotopic (exact) mass is 187 g/mol. The molecule has 2 rings (SSSR count). The molecule has 0 fully saturated rings. The van der Waals surface area contributed by atoms with Crippen molar-refractivity contribution >= 4 is 17.3 Å². The Balaban J connectivity index is 2.59. The molecule has 0 aromatic heterocycles. The molecular formula is C10H9N3O. The van der Waals surface area contributed by atoms with Crippen LogP contribution in [0.3, 0.4) is 0 Å². The molecule has 4 heteroatoms. The van der Waals surface area contributed by atoms with Gasteiger partial charge in [0, 0.05) is 7.05 Å². The third-order valence-corrected chi connectivity index (χ3v) is 2.22. The van der Waals surface area contributed by atoms with Crippen molar-refractivity contribution in [3.8, 4) is 6.07 Å². The number of hydrogen-bond donors (Lipinski definition) is 1. The first kappa shape index (κ1) is 8.57. The molecule has 0 saturated heterocycles. The van der Waals surface area contributed by atoms with Crippen molar-refractivity contribution in [3.05, 3.63) is 23.8 Å². The van der Waals surface area contributed by atoms with E-state index in [1.54, 1.807) is 6.07 Å². The lowest BCUT2D eigenvalue weighted by Crippen LogP contribution is -2.35. The predicted octanol–water partition coefficient (Wildman–Crippen LogP) is 0.947. The van der Waals surface area contributed by atoms with E-state index in [1.807, 2.05) is 24.1 Å². The van der Waals surface area contributed by atoms with Crippen LogP contribution in [0, 0.1) is 11.3 Å². The van der Waals surface area contributed by atoms with Crippen LogP contribution in [0.2, 0.25) is 0 Å².